The van der Waals surface area contributed by atoms with Crippen molar-refractivity contribution in [1.82, 2.24) is 0 Å². The van der Waals surface area contributed by atoms with Gasteiger partial charge in [0.2, 0.25) is 0 Å². The van der Waals surface area contributed by atoms with E-state index >= 15 is 0 Å². The van der Waals surface area contributed by atoms with Crippen LogP contribution in [0.3, 0.4) is 0 Å². The van der Waals surface area contributed by atoms with E-state index in [9.17, 15) is 19.2 Å². The number of esters is 2. The molecule has 11 heteroatoms. The molecular formula is C28H43NO10. The largest absolute Gasteiger partial charge is 0.513 e. The maximum absolute atomic E-state index is 12.6. The number of hydrogen-bond acceptors (Lipinski definition) is 11. The molecule has 3 atom stereocenters. The van der Waals surface area contributed by atoms with Crippen molar-refractivity contribution in [2.24, 2.45) is 23.5 Å². The average Bonchev–Trinajstić information content (AvgIpc) is 2.82. The Morgan fingerprint density at radius 3 is 1.74 bits per heavy atom. The molecule has 1 aromatic carbocycles. The fraction of sp³-hybridized carbons (Fsp3) is 0.643. The molecule has 0 spiro atoms. The number of nitrogens with two attached hydrogens (primary N) is 1. The third-order valence-corrected chi connectivity index (χ3v) is 5.08. The smallest absolute Gasteiger partial charge is 0.459 e. The Balaban J connectivity index is 2.92. The second-order valence-electron chi connectivity index (χ2n) is 10.6. The lowest BCUT2D eigenvalue weighted by atomic mass is 10.1. The monoisotopic (exact) mass is 553 g/mol. The van der Waals surface area contributed by atoms with Gasteiger partial charge in [-0.1, -0.05) is 47.6 Å². The van der Waals surface area contributed by atoms with E-state index in [4.69, 9.17) is 34.2 Å². The molecule has 0 heterocycles. The molecule has 1 aromatic rings. The van der Waals surface area contributed by atoms with E-state index in [1.54, 1.807) is 19.9 Å². The number of ether oxygens (including phenoxy) is 6. The fourth-order valence-corrected chi connectivity index (χ4v) is 2.94. The van der Waals surface area contributed by atoms with Crippen LogP contribution in [-0.2, 0) is 35.0 Å². The zero-order chi connectivity index (χ0) is 29.7. The van der Waals surface area contributed by atoms with Crippen LogP contribution in [0.1, 0.15) is 67.4 Å². The SMILES string of the molecule is CC(C)COC(=O)Oc1ccc(C[C@H](N)C(=O)O[C@@H](C)[C@H](C)OC(=O)CC(C)C)cc1OC(=O)OCC(C)C. The van der Waals surface area contributed by atoms with Crippen molar-refractivity contribution in [3.63, 3.8) is 0 Å². The highest BCUT2D eigenvalue weighted by Gasteiger charge is 2.25. The predicted molar refractivity (Wildman–Crippen MR) is 142 cm³/mol. The minimum atomic E-state index is -1.07. The van der Waals surface area contributed by atoms with E-state index in [1.807, 2.05) is 41.5 Å². The summed E-state index contributed by atoms with van der Waals surface area (Å²) in [5, 5.41) is 0. The van der Waals surface area contributed by atoms with Crippen LogP contribution in [0.25, 0.3) is 0 Å². The van der Waals surface area contributed by atoms with Crippen LogP contribution in [0, 0.1) is 17.8 Å². The van der Waals surface area contributed by atoms with Gasteiger partial charge < -0.3 is 34.2 Å². The van der Waals surface area contributed by atoms with Crippen LogP contribution >= 0.6 is 0 Å². The van der Waals surface area contributed by atoms with Gasteiger partial charge in [0.25, 0.3) is 0 Å². The van der Waals surface area contributed by atoms with Gasteiger partial charge in [-0.3, -0.25) is 9.59 Å². The third kappa shape index (κ3) is 13.9. The number of hydrogen-bond donors (Lipinski definition) is 1. The quantitative estimate of drug-likeness (QED) is 0.192. The van der Waals surface area contributed by atoms with Gasteiger partial charge >= 0.3 is 24.2 Å². The number of benzene rings is 1. The summed E-state index contributed by atoms with van der Waals surface area (Å²) < 4.78 is 31.3. The van der Waals surface area contributed by atoms with E-state index in [0.717, 1.165) is 0 Å². The summed E-state index contributed by atoms with van der Waals surface area (Å²) in [6.45, 7) is 14.8. The Morgan fingerprint density at radius 1 is 0.718 bits per heavy atom. The molecular weight excluding hydrogens is 510 g/mol. The van der Waals surface area contributed by atoms with Crippen LogP contribution in [0.15, 0.2) is 18.2 Å². The van der Waals surface area contributed by atoms with E-state index in [2.05, 4.69) is 0 Å². The minimum Gasteiger partial charge on any atom is -0.459 e. The Hall–Kier alpha value is -3.34. The first kappa shape index (κ1) is 33.7. The van der Waals surface area contributed by atoms with E-state index < -0.39 is 36.5 Å². The molecule has 0 aliphatic carbocycles. The molecule has 0 radical (unpaired) electrons. The van der Waals surface area contributed by atoms with Gasteiger partial charge in [-0.25, -0.2) is 9.59 Å². The molecule has 0 bridgehead atoms. The van der Waals surface area contributed by atoms with Crippen LogP contribution in [0.5, 0.6) is 11.5 Å². The topological polar surface area (TPSA) is 150 Å². The van der Waals surface area contributed by atoms with Crippen LogP contribution in [0.4, 0.5) is 9.59 Å². The Kier molecular flexibility index (Phi) is 14.3. The number of carbonyl (C=O) groups excluding carboxylic acids is 4. The van der Waals surface area contributed by atoms with E-state index in [0.29, 0.717) is 5.56 Å². The van der Waals surface area contributed by atoms with Crippen molar-refractivity contribution >= 4 is 24.2 Å². The molecule has 11 nitrogen and oxygen atoms in total. The highest BCUT2D eigenvalue weighted by molar-refractivity contribution is 5.76. The molecule has 0 saturated carbocycles. The van der Waals surface area contributed by atoms with Crippen molar-refractivity contribution in [2.75, 3.05) is 13.2 Å². The molecule has 0 aliphatic rings. The van der Waals surface area contributed by atoms with E-state index in [1.165, 1.54) is 12.1 Å². The van der Waals surface area contributed by atoms with Gasteiger partial charge in [-0.15, -0.1) is 0 Å². The van der Waals surface area contributed by atoms with E-state index in [-0.39, 0.29) is 61.3 Å². The van der Waals surface area contributed by atoms with Gasteiger partial charge in [0.1, 0.15) is 18.2 Å². The molecule has 0 fully saturated rings. The summed E-state index contributed by atoms with van der Waals surface area (Å²) in [5.41, 5.74) is 6.56. The van der Waals surface area contributed by atoms with Gasteiger partial charge in [-0.2, -0.15) is 0 Å². The van der Waals surface area contributed by atoms with Gasteiger partial charge in [-0.05, 0) is 55.7 Å². The molecule has 1 rings (SSSR count). The van der Waals surface area contributed by atoms with Gasteiger partial charge in [0.15, 0.2) is 11.5 Å². The molecule has 39 heavy (non-hydrogen) atoms. The maximum atomic E-state index is 12.6. The lowest BCUT2D eigenvalue weighted by molar-refractivity contribution is -0.166. The van der Waals surface area contributed by atoms with Gasteiger partial charge in [0, 0.05) is 6.42 Å². The van der Waals surface area contributed by atoms with Crippen molar-refractivity contribution in [2.45, 2.75) is 86.5 Å². The molecule has 0 amide bonds. The first-order valence-electron chi connectivity index (χ1n) is 13.2. The molecule has 0 unspecified atom stereocenters. The zero-order valence-corrected chi connectivity index (χ0v) is 24.2. The zero-order valence-electron chi connectivity index (χ0n) is 24.2. The van der Waals surface area contributed by atoms with Crippen molar-refractivity contribution < 1.29 is 47.6 Å². The Morgan fingerprint density at radius 2 is 1.23 bits per heavy atom. The molecule has 0 saturated heterocycles. The third-order valence-electron chi connectivity index (χ3n) is 5.08. The Labute approximate surface area is 230 Å². The Bertz CT molecular complexity index is 960. The first-order chi connectivity index (χ1) is 18.2. The number of carbonyl (C=O) groups is 4. The highest BCUT2D eigenvalue weighted by atomic mass is 16.7. The van der Waals surface area contributed by atoms with Crippen molar-refractivity contribution in [1.29, 1.82) is 0 Å². The summed E-state index contributed by atoms with van der Waals surface area (Å²) in [4.78, 5) is 48.8. The van der Waals surface area contributed by atoms with Crippen molar-refractivity contribution in [3.8, 4) is 11.5 Å². The van der Waals surface area contributed by atoms with Gasteiger partial charge in [0.05, 0.1) is 13.2 Å². The summed E-state index contributed by atoms with van der Waals surface area (Å²) in [6, 6.07) is 3.29. The van der Waals surface area contributed by atoms with Crippen molar-refractivity contribution in [3.05, 3.63) is 23.8 Å². The highest BCUT2D eigenvalue weighted by Crippen LogP contribution is 2.30. The average molecular weight is 554 g/mol. The molecule has 2 N–H and O–H groups in total. The standard InChI is InChI=1S/C28H43NO10/c1-16(2)11-25(30)36-19(7)20(8)37-26(31)22(29)12-21-9-10-23(38-27(32)34-14-17(3)4)24(13-21)39-28(33)35-15-18(5)6/h9-10,13,16-20,22H,11-12,14-15,29H2,1-8H3/t19-,20-,22-/m0/s1. The predicted octanol–water partition coefficient (Wildman–Crippen LogP) is 4.81. The summed E-state index contributed by atoms with van der Waals surface area (Å²) in [5.74, 6) is -0.938. The summed E-state index contributed by atoms with van der Waals surface area (Å²) >= 11 is 0. The number of rotatable bonds is 14. The summed E-state index contributed by atoms with van der Waals surface area (Å²) in [6.07, 6.45) is -3.05. The van der Waals surface area contributed by atoms with Crippen LogP contribution in [0.2, 0.25) is 0 Å². The second-order valence-corrected chi connectivity index (χ2v) is 10.6. The fourth-order valence-electron chi connectivity index (χ4n) is 2.94. The summed E-state index contributed by atoms with van der Waals surface area (Å²) in [7, 11) is 0. The molecule has 220 valence electrons. The normalized spacial score (nSPS) is 13.4. The second kappa shape index (κ2) is 16.6. The lowest BCUT2D eigenvalue weighted by Gasteiger charge is -2.23. The van der Waals surface area contributed by atoms with Crippen LogP contribution < -0.4 is 15.2 Å². The lowest BCUT2D eigenvalue weighted by Crippen LogP contribution is -2.39. The minimum absolute atomic E-state index is 0.0164. The molecule has 0 aromatic heterocycles. The first-order valence-corrected chi connectivity index (χ1v) is 13.2. The maximum Gasteiger partial charge on any atom is 0.513 e. The molecule has 0 aliphatic heterocycles. The van der Waals surface area contributed by atoms with Crippen LogP contribution in [-0.4, -0.2) is 55.7 Å².